The van der Waals surface area contributed by atoms with Crippen molar-refractivity contribution in [3.05, 3.63) is 53.1 Å². The second kappa shape index (κ2) is 7.02. The Kier molecular flexibility index (Phi) is 4.56. The maximum absolute atomic E-state index is 5.76. The molecule has 0 amide bonds. The summed E-state index contributed by atoms with van der Waals surface area (Å²) in [7, 11) is 5.57. The van der Waals surface area contributed by atoms with E-state index in [1.165, 1.54) is 22.7 Å². The first kappa shape index (κ1) is 17.5. The van der Waals surface area contributed by atoms with E-state index >= 15 is 0 Å². The van der Waals surface area contributed by atoms with E-state index < -0.39 is 0 Å². The first-order chi connectivity index (χ1) is 13.0. The van der Waals surface area contributed by atoms with Crippen LogP contribution in [0.1, 0.15) is 19.8 Å². The van der Waals surface area contributed by atoms with Crippen molar-refractivity contribution in [2.75, 3.05) is 44.1 Å². The highest BCUT2D eigenvalue weighted by Gasteiger charge is 2.25. The van der Waals surface area contributed by atoms with Gasteiger partial charge >= 0.3 is 0 Å². The lowest BCUT2D eigenvalue weighted by Crippen LogP contribution is -2.31. The van der Waals surface area contributed by atoms with Gasteiger partial charge in [-0.05, 0) is 42.8 Å². The number of methoxy groups -OCH3 is 1. The van der Waals surface area contributed by atoms with E-state index in [2.05, 4.69) is 33.4 Å². The lowest BCUT2D eigenvalue weighted by molar-refractivity contribution is 0.293. The standard InChI is InChI=1S/C21H26N4O2/c1-14(26-4)5-6-16-11-15-13-25(10-9-18(15)22-16)17-7-8-20-19(12-17)23-21(27-20)24(2)3/h5-8,12,22H,9-11,13H2,1-4H3/b14-5+,16-6+. The summed E-state index contributed by atoms with van der Waals surface area (Å²) in [6.45, 7) is 3.90. The van der Waals surface area contributed by atoms with Crippen molar-refractivity contribution in [1.29, 1.82) is 0 Å². The largest absolute Gasteiger partial charge is 0.501 e. The zero-order valence-corrected chi connectivity index (χ0v) is 16.4. The van der Waals surface area contributed by atoms with Gasteiger partial charge < -0.3 is 24.3 Å². The number of fused-ring (bicyclic) bond motifs is 1. The van der Waals surface area contributed by atoms with Crippen LogP contribution in [0.2, 0.25) is 0 Å². The van der Waals surface area contributed by atoms with Crippen molar-refractivity contribution in [2.24, 2.45) is 0 Å². The highest BCUT2D eigenvalue weighted by atomic mass is 16.5. The van der Waals surface area contributed by atoms with Gasteiger partial charge in [0.2, 0.25) is 0 Å². The Morgan fingerprint density at radius 1 is 1.37 bits per heavy atom. The molecule has 0 spiro atoms. The summed E-state index contributed by atoms with van der Waals surface area (Å²) in [5.74, 6) is 0.911. The van der Waals surface area contributed by atoms with Gasteiger partial charge in [-0.1, -0.05) is 0 Å². The van der Waals surface area contributed by atoms with E-state index in [0.29, 0.717) is 6.01 Å². The predicted octanol–water partition coefficient (Wildman–Crippen LogP) is 3.79. The van der Waals surface area contributed by atoms with Crippen LogP contribution >= 0.6 is 0 Å². The number of nitrogens with zero attached hydrogens (tertiary/aromatic N) is 3. The molecule has 6 nitrogen and oxygen atoms in total. The van der Waals surface area contributed by atoms with Gasteiger partial charge in [0.25, 0.3) is 6.01 Å². The number of benzene rings is 1. The Morgan fingerprint density at radius 2 is 2.22 bits per heavy atom. The molecule has 0 bridgehead atoms. The number of allylic oxidation sites excluding steroid dienone is 4. The summed E-state index contributed by atoms with van der Waals surface area (Å²) in [5, 5.41) is 3.57. The molecule has 1 N–H and O–H groups in total. The van der Waals surface area contributed by atoms with Gasteiger partial charge in [-0.25, -0.2) is 0 Å². The van der Waals surface area contributed by atoms with E-state index in [4.69, 9.17) is 9.15 Å². The first-order valence-corrected chi connectivity index (χ1v) is 9.25. The van der Waals surface area contributed by atoms with Gasteiger partial charge in [0.15, 0.2) is 5.58 Å². The normalized spacial score (nSPS) is 18.9. The van der Waals surface area contributed by atoms with Crippen LogP contribution in [0.5, 0.6) is 0 Å². The van der Waals surface area contributed by atoms with Crippen molar-refractivity contribution in [2.45, 2.75) is 19.8 Å². The van der Waals surface area contributed by atoms with E-state index in [-0.39, 0.29) is 0 Å². The van der Waals surface area contributed by atoms with Gasteiger partial charge in [0.05, 0.1) is 12.9 Å². The molecule has 6 heteroatoms. The average Bonchev–Trinajstić information content (AvgIpc) is 3.28. The summed E-state index contributed by atoms with van der Waals surface area (Å²) in [5.41, 5.74) is 7.00. The quantitative estimate of drug-likeness (QED) is 0.831. The second-order valence-electron chi connectivity index (χ2n) is 7.27. The SMILES string of the molecule is CO/C(C)=C/C=C1\CC2=C(CCN(c3ccc4oc(N(C)C)nc4c3)C2)N1. The molecular formula is C21H26N4O2. The molecule has 0 aliphatic carbocycles. The molecule has 2 aromatic rings. The third kappa shape index (κ3) is 3.52. The fraction of sp³-hybridized carbons (Fsp3) is 0.381. The zero-order chi connectivity index (χ0) is 19.0. The molecule has 1 aromatic carbocycles. The molecule has 1 aromatic heterocycles. The summed E-state index contributed by atoms with van der Waals surface area (Å²) < 4.78 is 11.0. The number of nitrogens with one attached hydrogen (secondary N) is 1. The van der Waals surface area contributed by atoms with Gasteiger partial charge in [-0.3, -0.25) is 0 Å². The van der Waals surface area contributed by atoms with Crippen LogP contribution in [0.15, 0.2) is 57.5 Å². The number of rotatable bonds is 4. The van der Waals surface area contributed by atoms with Crippen LogP contribution in [0, 0.1) is 0 Å². The number of ether oxygens (including phenoxy) is 1. The zero-order valence-electron chi connectivity index (χ0n) is 16.4. The molecule has 0 saturated carbocycles. The van der Waals surface area contributed by atoms with Gasteiger partial charge in [-0.15, -0.1) is 0 Å². The maximum atomic E-state index is 5.76. The molecule has 0 atom stereocenters. The number of aromatic nitrogens is 1. The van der Waals surface area contributed by atoms with Gasteiger partial charge in [-0.2, -0.15) is 4.98 Å². The molecule has 3 heterocycles. The van der Waals surface area contributed by atoms with Crippen molar-refractivity contribution >= 4 is 22.8 Å². The van der Waals surface area contributed by atoms with Crippen LogP contribution in [-0.2, 0) is 4.74 Å². The first-order valence-electron chi connectivity index (χ1n) is 9.25. The molecule has 0 unspecified atom stereocenters. The highest BCUT2D eigenvalue weighted by molar-refractivity contribution is 5.79. The third-order valence-electron chi connectivity index (χ3n) is 5.10. The fourth-order valence-corrected chi connectivity index (χ4v) is 3.51. The van der Waals surface area contributed by atoms with E-state index in [9.17, 15) is 0 Å². The predicted molar refractivity (Wildman–Crippen MR) is 109 cm³/mol. The minimum atomic E-state index is 0.639. The molecule has 4 rings (SSSR count). The topological polar surface area (TPSA) is 53.8 Å². The second-order valence-corrected chi connectivity index (χ2v) is 7.27. The minimum absolute atomic E-state index is 0.639. The molecule has 0 radical (unpaired) electrons. The Balaban J connectivity index is 1.50. The highest BCUT2D eigenvalue weighted by Crippen LogP contribution is 2.32. The van der Waals surface area contributed by atoms with Crippen LogP contribution in [-0.4, -0.2) is 39.3 Å². The molecule has 27 heavy (non-hydrogen) atoms. The summed E-state index contributed by atoms with van der Waals surface area (Å²) in [4.78, 5) is 8.88. The van der Waals surface area contributed by atoms with Crippen LogP contribution in [0.25, 0.3) is 11.1 Å². The lowest BCUT2D eigenvalue weighted by Gasteiger charge is -2.29. The van der Waals surface area contributed by atoms with Gasteiger partial charge in [0, 0.05) is 57.1 Å². The molecular weight excluding hydrogens is 340 g/mol. The number of oxazole rings is 1. The molecule has 142 valence electrons. The van der Waals surface area contributed by atoms with Crippen LogP contribution < -0.4 is 15.1 Å². The molecule has 2 aliphatic rings. The average molecular weight is 366 g/mol. The summed E-state index contributed by atoms with van der Waals surface area (Å²) in [6, 6.07) is 6.91. The fourth-order valence-electron chi connectivity index (χ4n) is 3.51. The molecule has 0 saturated heterocycles. The number of hydrogen-bond acceptors (Lipinski definition) is 6. The van der Waals surface area contributed by atoms with Crippen molar-refractivity contribution < 1.29 is 9.15 Å². The number of hydrogen-bond donors (Lipinski definition) is 1. The lowest BCUT2D eigenvalue weighted by atomic mass is 10.0. The Hall–Kier alpha value is -2.89. The van der Waals surface area contributed by atoms with Crippen molar-refractivity contribution in [3.63, 3.8) is 0 Å². The Labute approximate surface area is 159 Å². The van der Waals surface area contributed by atoms with E-state index in [1.807, 2.05) is 38.1 Å². The summed E-state index contributed by atoms with van der Waals surface area (Å²) in [6.07, 6.45) is 6.13. The van der Waals surface area contributed by atoms with Crippen LogP contribution in [0.4, 0.5) is 11.7 Å². The van der Waals surface area contributed by atoms with Crippen LogP contribution in [0.3, 0.4) is 0 Å². The summed E-state index contributed by atoms with van der Waals surface area (Å²) >= 11 is 0. The Bertz CT molecular complexity index is 952. The Morgan fingerprint density at radius 3 is 3.00 bits per heavy atom. The minimum Gasteiger partial charge on any atom is -0.501 e. The van der Waals surface area contributed by atoms with Crippen molar-refractivity contribution in [1.82, 2.24) is 10.3 Å². The number of anilines is 2. The molecule has 0 fully saturated rings. The van der Waals surface area contributed by atoms with E-state index in [0.717, 1.165) is 42.8 Å². The maximum Gasteiger partial charge on any atom is 0.297 e. The third-order valence-corrected chi connectivity index (χ3v) is 5.10. The smallest absolute Gasteiger partial charge is 0.297 e. The molecule has 2 aliphatic heterocycles. The van der Waals surface area contributed by atoms with Gasteiger partial charge in [0.1, 0.15) is 5.52 Å². The van der Waals surface area contributed by atoms with Crippen molar-refractivity contribution in [3.8, 4) is 0 Å². The monoisotopic (exact) mass is 366 g/mol. The van der Waals surface area contributed by atoms with E-state index in [1.54, 1.807) is 7.11 Å².